The first kappa shape index (κ1) is 18.5. The summed E-state index contributed by atoms with van der Waals surface area (Å²) in [5.74, 6) is 0.0251. The zero-order valence-electron chi connectivity index (χ0n) is 15.4. The summed E-state index contributed by atoms with van der Waals surface area (Å²) in [5.41, 5.74) is 5.46. The van der Waals surface area contributed by atoms with Gasteiger partial charge in [-0.3, -0.25) is 0 Å². The van der Waals surface area contributed by atoms with Gasteiger partial charge in [-0.25, -0.2) is 4.39 Å². The summed E-state index contributed by atoms with van der Waals surface area (Å²) >= 11 is 0. The molecule has 3 nitrogen and oxygen atoms in total. The lowest BCUT2D eigenvalue weighted by molar-refractivity contribution is 0.288. The van der Waals surface area contributed by atoms with E-state index in [1.165, 1.54) is 12.1 Å². The second-order valence-electron chi connectivity index (χ2n) is 6.52. The van der Waals surface area contributed by atoms with E-state index in [-0.39, 0.29) is 18.2 Å². The van der Waals surface area contributed by atoms with Crippen LogP contribution in [0.4, 0.5) is 10.1 Å². The summed E-state index contributed by atoms with van der Waals surface area (Å²) in [7, 11) is 0. The number of nitrogens with one attached hydrogen (secondary N) is 1. The molecule has 0 aromatic heterocycles. The summed E-state index contributed by atoms with van der Waals surface area (Å²) < 4.78 is 18.8. The predicted molar refractivity (Wildman–Crippen MR) is 107 cm³/mol. The fourth-order valence-electron chi connectivity index (χ4n) is 2.81. The number of benzene rings is 3. The van der Waals surface area contributed by atoms with Crippen molar-refractivity contribution in [2.75, 3.05) is 5.32 Å². The van der Waals surface area contributed by atoms with Crippen molar-refractivity contribution in [3.63, 3.8) is 0 Å². The summed E-state index contributed by atoms with van der Waals surface area (Å²) in [6.45, 7) is 8.34. The van der Waals surface area contributed by atoms with Gasteiger partial charge in [-0.2, -0.15) is 0 Å². The molecule has 3 aromatic carbocycles. The molecule has 0 saturated heterocycles. The normalized spacial score (nSPS) is 10.5. The van der Waals surface area contributed by atoms with Crippen molar-refractivity contribution >= 4 is 11.4 Å². The van der Waals surface area contributed by atoms with E-state index in [1.54, 1.807) is 30.3 Å². The van der Waals surface area contributed by atoms with E-state index in [0.717, 1.165) is 22.4 Å². The van der Waals surface area contributed by atoms with E-state index in [0.29, 0.717) is 17.0 Å². The predicted octanol–water partition coefficient (Wildman–Crippen LogP) is 5.81. The zero-order valence-corrected chi connectivity index (χ0v) is 15.4. The van der Waals surface area contributed by atoms with E-state index in [4.69, 9.17) is 4.74 Å². The molecule has 0 aliphatic rings. The molecule has 3 rings (SSSR count). The lowest BCUT2D eigenvalue weighted by Gasteiger charge is -2.14. The number of hydrogen-bond donors (Lipinski definition) is 2. The van der Waals surface area contributed by atoms with Crippen molar-refractivity contribution in [3.05, 3.63) is 95.3 Å². The van der Waals surface area contributed by atoms with Gasteiger partial charge in [-0.15, -0.1) is 0 Å². The largest absolute Gasteiger partial charge is 0.504 e. The van der Waals surface area contributed by atoms with Crippen molar-refractivity contribution in [2.45, 2.75) is 20.5 Å². The quantitative estimate of drug-likeness (QED) is 0.581. The number of phenolic OH excluding ortho intramolecular Hbond substituents is 1. The topological polar surface area (TPSA) is 41.5 Å². The molecule has 0 aliphatic heterocycles. The zero-order chi connectivity index (χ0) is 19.4. The van der Waals surface area contributed by atoms with E-state index < -0.39 is 0 Å². The van der Waals surface area contributed by atoms with Gasteiger partial charge in [0.05, 0.1) is 0 Å². The number of rotatable bonds is 6. The van der Waals surface area contributed by atoms with Gasteiger partial charge < -0.3 is 15.2 Å². The number of anilines is 1. The van der Waals surface area contributed by atoms with Gasteiger partial charge in [0.2, 0.25) is 0 Å². The summed E-state index contributed by atoms with van der Waals surface area (Å²) in [6, 6.07) is 17.4. The Bertz CT molecular complexity index is 982. The Morgan fingerprint density at radius 3 is 2.63 bits per heavy atom. The third-order valence-corrected chi connectivity index (χ3v) is 4.26. The summed E-state index contributed by atoms with van der Waals surface area (Å²) in [6.07, 6.45) is 0. The van der Waals surface area contributed by atoms with Gasteiger partial charge in [-0.05, 0) is 55.3 Å². The third kappa shape index (κ3) is 4.67. The van der Waals surface area contributed by atoms with Crippen LogP contribution in [0.2, 0.25) is 0 Å². The maximum atomic E-state index is 13.2. The number of phenols is 1. The molecule has 0 radical (unpaired) electrons. The monoisotopic (exact) mass is 363 g/mol. The van der Waals surface area contributed by atoms with Crippen LogP contribution in [-0.2, 0) is 6.61 Å². The molecule has 0 saturated carbocycles. The molecule has 0 unspecified atom stereocenters. The first-order chi connectivity index (χ1) is 12.9. The van der Waals surface area contributed by atoms with Crippen LogP contribution in [0, 0.1) is 19.7 Å². The molecule has 0 heterocycles. The number of aromatic hydroxyl groups is 1. The summed E-state index contributed by atoms with van der Waals surface area (Å²) in [5, 5.41) is 13.5. The molecule has 138 valence electrons. The molecule has 27 heavy (non-hydrogen) atoms. The molecule has 0 amide bonds. The van der Waals surface area contributed by atoms with Crippen LogP contribution in [0.5, 0.6) is 11.5 Å². The Hall–Kier alpha value is -3.27. The SMILES string of the molecule is C=C(Nc1ccc(OCc2cccc(F)c2)c(O)c1)c1cc(C)ccc1C. The number of hydrogen-bond acceptors (Lipinski definition) is 3. The smallest absolute Gasteiger partial charge is 0.161 e. The molecule has 0 atom stereocenters. The van der Waals surface area contributed by atoms with E-state index >= 15 is 0 Å². The van der Waals surface area contributed by atoms with Crippen molar-refractivity contribution < 1.29 is 14.2 Å². The van der Waals surface area contributed by atoms with Gasteiger partial charge >= 0.3 is 0 Å². The van der Waals surface area contributed by atoms with Gasteiger partial charge in [0.25, 0.3) is 0 Å². The molecule has 0 aliphatic carbocycles. The van der Waals surface area contributed by atoms with Gasteiger partial charge in [-0.1, -0.05) is 36.4 Å². The van der Waals surface area contributed by atoms with Crippen molar-refractivity contribution in [1.82, 2.24) is 0 Å². The molecule has 4 heteroatoms. The summed E-state index contributed by atoms with van der Waals surface area (Å²) in [4.78, 5) is 0. The maximum Gasteiger partial charge on any atom is 0.161 e. The second kappa shape index (κ2) is 7.96. The molecular formula is C23H22FNO2. The van der Waals surface area contributed by atoms with Gasteiger partial charge in [0, 0.05) is 23.0 Å². The molecular weight excluding hydrogens is 341 g/mol. The van der Waals surface area contributed by atoms with Crippen LogP contribution in [0.3, 0.4) is 0 Å². The standard InChI is InChI=1S/C23H22FNO2/c1-15-7-8-16(2)21(11-15)17(3)25-20-9-10-23(22(26)13-20)27-14-18-5-4-6-19(24)12-18/h4-13,25-26H,3,14H2,1-2H3. The highest BCUT2D eigenvalue weighted by atomic mass is 19.1. The fourth-order valence-corrected chi connectivity index (χ4v) is 2.81. The third-order valence-electron chi connectivity index (χ3n) is 4.26. The lowest BCUT2D eigenvalue weighted by atomic mass is 10.0. The first-order valence-electron chi connectivity index (χ1n) is 8.66. The van der Waals surface area contributed by atoms with Crippen LogP contribution < -0.4 is 10.1 Å². The van der Waals surface area contributed by atoms with E-state index in [9.17, 15) is 9.50 Å². The fraction of sp³-hybridized carbons (Fsp3) is 0.130. The van der Waals surface area contributed by atoms with E-state index in [1.807, 2.05) is 13.8 Å². The van der Waals surface area contributed by atoms with Crippen molar-refractivity contribution in [2.24, 2.45) is 0 Å². The highest BCUT2D eigenvalue weighted by Crippen LogP contribution is 2.31. The Balaban J connectivity index is 1.69. The lowest BCUT2D eigenvalue weighted by Crippen LogP contribution is -2.00. The minimum absolute atomic E-state index is 0.00478. The minimum Gasteiger partial charge on any atom is -0.504 e. The van der Waals surface area contributed by atoms with Crippen molar-refractivity contribution in [3.8, 4) is 11.5 Å². The van der Waals surface area contributed by atoms with E-state index in [2.05, 4.69) is 30.1 Å². The van der Waals surface area contributed by atoms with Crippen LogP contribution in [0.15, 0.2) is 67.2 Å². The molecule has 0 fully saturated rings. The number of ether oxygens (including phenoxy) is 1. The Morgan fingerprint density at radius 2 is 1.89 bits per heavy atom. The maximum absolute atomic E-state index is 13.2. The van der Waals surface area contributed by atoms with Crippen molar-refractivity contribution in [1.29, 1.82) is 0 Å². The molecule has 3 aromatic rings. The second-order valence-corrected chi connectivity index (χ2v) is 6.52. The molecule has 0 spiro atoms. The number of aryl methyl sites for hydroxylation is 2. The van der Waals surface area contributed by atoms with Crippen LogP contribution in [-0.4, -0.2) is 5.11 Å². The average Bonchev–Trinajstić information content (AvgIpc) is 2.63. The highest BCUT2D eigenvalue weighted by Gasteiger charge is 2.08. The van der Waals surface area contributed by atoms with Gasteiger partial charge in [0.15, 0.2) is 11.5 Å². The number of halogens is 1. The Labute approximate surface area is 158 Å². The Kier molecular flexibility index (Phi) is 5.46. The molecule has 2 N–H and O–H groups in total. The first-order valence-corrected chi connectivity index (χ1v) is 8.66. The average molecular weight is 363 g/mol. The van der Waals surface area contributed by atoms with Crippen LogP contribution in [0.25, 0.3) is 5.70 Å². The highest BCUT2D eigenvalue weighted by molar-refractivity contribution is 5.77. The molecule has 0 bridgehead atoms. The van der Waals surface area contributed by atoms with Crippen LogP contribution >= 0.6 is 0 Å². The van der Waals surface area contributed by atoms with Crippen LogP contribution in [0.1, 0.15) is 22.3 Å². The Morgan fingerprint density at radius 1 is 1.07 bits per heavy atom. The minimum atomic E-state index is -0.315. The van der Waals surface area contributed by atoms with Gasteiger partial charge in [0.1, 0.15) is 12.4 Å².